The molecule has 25 heavy (non-hydrogen) atoms. The molecule has 1 aromatic carbocycles. The number of benzene rings is 1. The Kier molecular flexibility index (Phi) is 4.97. The highest BCUT2D eigenvalue weighted by Gasteiger charge is 2.42. The molecule has 134 valence electrons. The van der Waals surface area contributed by atoms with Crippen molar-refractivity contribution >= 4 is 43.0 Å². The summed E-state index contributed by atoms with van der Waals surface area (Å²) in [6, 6.07) is 3.71. The molecule has 0 aliphatic heterocycles. The highest BCUT2D eigenvalue weighted by Crippen LogP contribution is 2.41. The van der Waals surface area contributed by atoms with Crippen LogP contribution in [-0.4, -0.2) is 18.3 Å². The van der Waals surface area contributed by atoms with E-state index in [1.807, 2.05) is 12.3 Å². The number of sulfonamides is 1. The van der Waals surface area contributed by atoms with Crippen molar-refractivity contribution in [1.29, 1.82) is 0 Å². The number of thiazole rings is 1. The number of rotatable bonds is 5. The van der Waals surface area contributed by atoms with Gasteiger partial charge in [-0.25, -0.2) is 13.4 Å². The summed E-state index contributed by atoms with van der Waals surface area (Å²) in [5.41, 5.74) is -0.168. The molecule has 1 heterocycles. The predicted octanol–water partition coefficient (Wildman–Crippen LogP) is 3.87. The molecule has 10 heteroatoms. The molecule has 0 amide bonds. The lowest BCUT2D eigenvalue weighted by Gasteiger charge is -2.27. The van der Waals surface area contributed by atoms with E-state index in [1.54, 1.807) is 0 Å². The van der Waals surface area contributed by atoms with Gasteiger partial charge in [-0.1, -0.05) is 28.8 Å². The molecule has 1 saturated carbocycles. The van der Waals surface area contributed by atoms with Crippen LogP contribution in [0.15, 0.2) is 32.9 Å². The molecule has 0 bridgehead atoms. The largest absolute Gasteiger partial charge is 0.271 e. The minimum absolute atomic E-state index is 0.131. The van der Waals surface area contributed by atoms with Gasteiger partial charge in [-0.15, -0.1) is 11.3 Å². The summed E-state index contributed by atoms with van der Waals surface area (Å²) < 4.78 is 29.0. The van der Waals surface area contributed by atoms with Gasteiger partial charge in [-0.3, -0.25) is 10.1 Å². The number of hydrogen-bond acceptors (Lipinski definition) is 6. The van der Waals surface area contributed by atoms with Crippen molar-refractivity contribution in [2.75, 3.05) is 0 Å². The van der Waals surface area contributed by atoms with Crippen LogP contribution in [0.1, 0.15) is 36.4 Å². The summed E-state index contributed by atoms with van der Waals surface area (Å²) in [7, 11) is -3.94. The van der Waals surface area contributed by atoms with Gasteiger partial charge in [-0.05, 0) is 25.8 Å². The second-order valence-electron chi connectivity index (χ2n) is 6.09. The van der Waals surface area contributed by atoms with E-state index in [-0.39, 0.29) is 10.6 Å². The van der Waals surface area contributed by atoms with E-state index in [9.17, 15) is 18.5 Å². The number of nitro benzene ring substituents is 1. The summed E-state index contributed by atoms with van der Waals surface area (Å²) in [4.78, 5) is 14.8. The van der Waals surface area contributed by atoms with Crippen molar-refractivity contribution in [2.45, 2.75) is 43.0 Å². The molecule has 0 unspecified atom stereocenters. The number of non-ortho nitro benzene ring substituents is 1. The SMILES string of the molecule is Cc1csc(C2(NS(=O)(=O)c3cc(Br)cc([N+](=O)[O-])c3)CCCC2)n1. The van der Waals surface area contributed by atoms with Gasteiger partial charge in [0.1, 0.15) is 5.01 Å². The number of nitrogens with one attached hydrogen (secondary N) is 1. The Balaban J connectivity index is 2.01. The molecule has 1 aliphatic rings. The van der Waals surface area contributed by atoms with E-state index in [2.05, 4.69) is 25.6 Å². The first-order chi connectivity index (χ1) is 11.7. The van der Waals surface area contributed by atoms with Gasteiger partial charge < -0.3 is 0 Å². The molecule has 1 aliphatic carbocycles. The minimum Gasteiger partial charge on any atom is -0.258 e. The van der Waals surface area contributed by atoms with Gasteiger partial charge in [0, 0.05) is 27.7 Å². The first kappa shape index (κ1) is 18.4. The van der Waals surface area contributed by atoms with Crippen LogP contribution in [0.3, 0.4) is 0 Å². The Hall–Kier alpha value is -1.36. The average Bonchev–Trinajstić information content (AvgIpc) is 3.16. The van der Waals surface area contributed by atoms with E-state index < -0.39 is 20.5 Å². The maximum atomic E-state index is 12.9. The Morgan fingerprint density at radius 2 is 2.00 bits per heavy atom. The lowest BCUT2D eigenvalue weighted by molar-refractivity contribution is -0.385. The van der Waals surface area contributed by atoms with Crippen LogP contribution in [-0.2, 0) is 15.6 Å². The lowest BCUT2D eigenvalue weighted by Crippen LogP contribution is -2.43. The second kappa shape index (κ2) is 6.75. The number of nitro groups is 1. The maximum absolute atomic E-state index is 12.9. The van der Waals surface area contributed by atoms with Crippen molar-refractivity contribution in [3.63, 3.8) is 0 Å². The molecular weight excluding hydrogens is 430 g/mol. The Bertz CT molecular complexity index is 921. The number of aryl methyl sites for hydroxylation is 1. The fourth-order valence-corrected chi connectivity index (χ4v) is 6.24. The van der Waals surface area contributed by atoms with Crippen molar-refractivity contribution in [3.05, 3.63) is 48.9 Å². The van der Waals surface area contributed by atoms with E-state index >= 15 is 0 Å². The van der Waals surface area contributed by atoms with Gasteiger partial charge in [0.2, 0.25) is 10.0 Å². The normalized spacial score (nSPS) is 16.9. The molecule has 1 fully saturated rings. The van der Waals surface area contributed by atoms with Crippen LogP contribution in [0.5, 0.6) is 0 Å². The molecular formula is C15H16BrN3O4S2. The third-order valence-electron chi connectivity index (χ3n) is 4.19. The van der Waals surface area contributed by atoms with Crippen LogP contribution >= 0.6 is 27.3 Å². The van der Waals surface area contributed by atoms with E-state index in [4.69, 9.17) is 0 Å². The lowest BCUT2D eigenvalue weighted by atomic mass is 10.0. The molecule has 1 aromatic heterocycles. The third kappa shape index (κ3) is 3.76. The topological polar surface area (TPSA) is 102 Å². The summed E-state index contributed by atoms with van der Waals surface area (Å²) in [5, 5.41) is 13.7. The molecule has 0 radical (unpaired) electrons. The summed E-state index contributed by atoms with van der Waals surface area (Å²) in [6.07, 6.45) is 3.13. The van der Waals surface area contributed by atoms with Crippen molar-refractivity contribution in [2.24, 2.45) is 0 Å². The summed E-state index contributed by atoms with van der Waals surface area (Å²) >= 11 is 4.58. The number of nitrogens with zero attached hydrogens (tertiary/aromatic N) is 2. The van der Waals surface area contributed by atoms with Gasteiger partial charge in [-0.2, -0.15) is 4.72 Å². The van der Waals surface area contributed by atoms with Gasteiger partial charge >= 0.3 is 0 Å². The van der Waals surface area contributed by atoms with Crippen molar-refractivity contribution < 1.29 is 13.3 Å². The number of hydrogen-bond donors (Lipinski definition) is 1. The van der Waals surface area contributed by atoms with Crippen molar-refractivity contribution in [3.8, 4) is 0 Å². The average molecular weight is 446 g/mol. The van der Waals surface area contributed by atoms with Crippen LogP contribution in [0.25, 0.3) is 0 Å². The number of halogens is 1. The summed E-state index contributed by atoms with van der Waals surface area (Å²) in [6.45, 7) is 1.87. The smallest absolute Gasteiger partial charge is 0.258 e. The standard InChI is InChI=1S/C15H16BrN3O4S2/c1-10-9-24-14(17-10)15(4-2-3-5-15)18-25(22,23)13-7-11(16)6-12(8-13)19(20)21/h6-9,18H,2-5H2,1H3. The summed E-state index contributed by atoms with van der Waals surface area (Å²) in [5.74, 6) is 0. The van der Waals surface area contributed by atoms with E-state index in [1.165, 1.54) is 23.5 Å². The molecule has 0 saturated heterocycles. The van der Waals surface area contributed by atoms with Gasteiger partial charge in [0.05, 0.1) is 15.4 Å². The van der Waals surface area contributed by atoms with Crippen LogP contribution < -0.4 is 4.72 Å². The molecule has 2 aromatic rings. The zero-order valence-corrected chi connectivity index (χ0v) is 16.6. The highest BCUT2D eigenvalue weighted by atomic mass is 79.9. The first-order valence-electron chi connectivity index (χ1n) is 7.63. The number of aromatic nitrogens is 1. The predicted molar refractivity (Wildman–Crippen MR) is 98.1 cm³/mol. The highest BCUT2D eigenvalue weighted by molar-refractivity contribution is 9.10. The molecule has 1 N–H and O–H groups in total. The molecule has 0 atom stereocenters. The third-order valence-corrected chi connectivity index (χ3v) is 7.33. The second-order valence-corrected chi connectivity index (χ2v) is 9.55. The first-order valence-corrected chi connectivity index (χ1v) is 10.8. The van der Waals surface area contributed by atoms with Gasteiger partial charge in [0.25, 0.3) is 5.69 Å². The van der Waals surface area contributed by atoms with E-state index in [0.29, 0.717) is 17.3 Å². The quantitative estimate of drug-likeness (QED) is 0.555. The Labute approximate surface area is 157 Å². The monoisotopic (exact) mass is 445 g/mol. The maximum Gasteiger partial charge on any atom is 0.271 e. The van der Waals surface area contributed by atoms with E-state index in [0.717, 1.165) is 29.6 Å². The fraction of sp³-hybridized carbons (Fsp3) is 0.400. The van der Waals surface area contributed by atoms with Gasteiger partial charge in [0.15, 0.2) is 0 Å². The van der Waals surface area contributed by atoms with Crippen LogP contribution in [0.4, 0.5) is 5.69 Å². The fourth-order valence-electron chi connectivity index (χ4n) is 3.04. The van der Waals surface area contributed by atoms with Crippen LogP contribution in [0.2, 0.25) is 0 Å². The molecule has 3 rings (SSSR count). The Morgan fingerprint density at radius 1 is 1.32 bits per heavy atom. The zero-order chi connectivity index (χ0) is 18.2. The minimum atomic E-state index is -3.94. The Morgan fingerprint density at radius 3 is 2.56 bits per heavy atom. The zero-order valence-electron chi connectivity index (χ0n) is 13.4. The van der Waals surface area contributed by atoms with Crippen molar-refractivity contribution in [1.82, 2.24) is 9.71 Å². The molecule has 0 spiro atoms. The van der Waals surface area contributed by atoms with Crippen LogP contribution in [0, 0.1) is 17.0 Å². The molecule has 7 nitrogen and oxygen atoms in total.